The number of rotatable bonds is 9. The average molecular weight is 510 g/mol. The predicted molar refractivity (Wildman–Crippen MR) is 114 cm³/mol. The van der Waals surface area contributed by atoms with Crippen LogP contribution in [0.2, 0.25) is 0 Å². The first-order chi connectivity index (χ1) is 13.6. The maximum atomic E-state index is 11.5. The molecule has 0 saturated heterocycles. The van der Waals surface area contributed by atoms with Crippen molar-refractivity contribution in [2.75, 3.05) is 23.8 Å². The molecule has 0 radical (unpaired) electrons. The van der Waals surface area contributed by atoms with Gasteiger partial charge < -0.3 is 0 Å². The Balaban J connectivity index is 1.80. The van der Waals surface area contributed by atoms with Gasteiger partial charge in [-0.25, -0.2) is 0 Å². The third-order valence-corrected chi connectivity index (χ3v) is 10.3. The average Bonchev–Trinajstić information content (AvgIpc) is 2.71. The maximum absolute atomic E-state index is 11.5. The van der Waals surface area contributed by atoms with E-state index < -0.39 is 12.2 Å². The molecule has 2 aromatic carbocycles. The summed E-state index contributed by atoms with van der Waals surface area (Å²) in [4.78, 5) is 23.0. The normalized spacial score (nSPS) is 9.86. The summed E-state index contributed by atoms with van der Waals surface area (Å²) >= 11 is 0.624. The minimum absolute atomic E-state index is 0.180. The van der Waals surface area contributed by atoms with Gasteiger partial charge in [-0.2, -0.15) is 0 Å². The Bertz CT molecular complexity index is 738. The Morgan fingerprint density at radius 3 is 1.43 bits per heavy atom. The van der Waals surface area contributed by atoms with Gasteiger partial charge >= 0.3 is 175 Å². The van der Waals surface area contributed by atoms with Gasteiger partial charge in [-0.05, 0) is 0 Å². The van der Waals surface area contributed by atoms with Crippen LogP contribution in [-0.2, 0) is 9.47 Å². The van der Waals surface area contributed by atoms with Crippen molar-refractivity contribution >= 4 is 58.7 Å². The molecule has 0 saturated carbocycles. The van der Waals surface area contributed by atoms with Crippen LogP contribution in [0.1, 0.15) is 0 Å². The fourth-order valence-corrected chi connectivity index (χ4v) is 7.82. The van der Waals surface area contributed by atoms with Gasteiger partial charge in [0.15, 0.2) is 0 Å². The molecule has 2 rings (SSSR count). The van der Waals surface area contributed by atoms with Crippen LogP contribution in [0.3, 0.4) is 0 Å². The first kappa shape index (κ1) is 21.8. The van der Waals surface area contributed by atoms with Gasteiger partial charge in [0.1, 0.15) is 0 Å². The van der Waals surface area contributed by atoms with Crippen LogP contribution in [0.15, 0.2) is 73.8 Å². The van der Waals surface area contributed by atoms with Crippen molar-refractivity contribution < 1.29 is 19.1 Å². The minimum atomic E-state index is -0.496. The molecule has 2 N–H and O–H groups in total. The predicted octanol–water partition coefficient (Wildman–Crippen LogP) is 2.43. The Morgan fingerprint density at radius 1 is 0.750 bits per heavy atom. The molecule has 0 aliphatic rings. The van der Waals surface area contributed by atoms with Crippen LogP contribution in [0.5, 0.6) is 0 Å². The van der Waals surface area contributed by atoms with Crippen molar-refractivity contribution in [3.05, 3.63) is 73.8 Å². The number of anilines is 2. The molecule has 28 heavy (non-hydrogen) atoms. The summed E-state index contributed by atoms with van der Waals surface area (Å²) < 4.78 is 12.3. The molecular formula is C20H20N2O4Se2. The molecule has 6 nitrogen and oxygen atoms in total. The SMILES string of the molecule is C=CCOC(=O)Nc1ccc([Se][Se]c2ccc(NC(=O)OCC=C)cc2)cc1. The number of carbonyl (C=O) groups is 2. The van der Waals surface area contributed by atoms with Crippen LogP contribution in [-0.4, -0.2) is 51.7 Å². The van der Waals surface area contributed by atoms with E-state index in [2.05, 4.69) is 23.8 Å². The van der Waals surface area contributed by atoms with Crippen molar-refractivity contribution in [1.82, 2.24) is 0 Å². The van der Waals surface area contributed by atoms with E-state index in [0.717, 1.165) is 0 Å². The zero-order chi connectivity index (χ0) is 20.2. The van der Waals surface area contributed by atoms with Crippen molar-refractivity contribution in [2.24, 2.45) is 0 Å². The van der Waals surface area contributed by atoms with Gasteiger partial charge in [-0.3, -0.25) is 0 Å². The van der Waals surface area contributed by atoms with Crippen LogP contribution in [0, 0.1) is 0 Å². The summed E-state index contributed by atoms with van der Waals surface area (Å²) in [5, 5.41) is 5.33. The van der Waals surface area contributed by atoms with E-state index in [1.54, 1.807) is 0 Å². The summed E-state index contributed by atoms with van der Waals surface area (Å²) in [5.41, 5.74) is 1.39. The molecule has 0 fully saturated rings. The molecule has 146 valence electrons. The molecule has 0 aliphatic carbocycles. The summed E-state index contributed by atoms with van der Waals surface area (Å²) in [5.74, 6) is 0. The molecule has 0 unspecified atom stereocenters. The van der Waals surface area contributed by atoms with E-state index in [1.165, 1.54) is 21.1 Å². The summed E-state index contributed by atoms with van der Waals surface area (Å²) in [7, 11) is 0. The standard InChI is InChI=1S/C20H20N2O4Se2/c1-3-13-25-19(23)21-15-5-9-17(10-6-15)27-28-18-11-7-16(8-12-18)22-20(24)26-14-4-2/h3-12H,1-2,13-14H2,(H,21,23)(H,22,24). The second-order valence-corrected chi connectivity index (χ2v) is 11.6. The number of ether oxygens (including phenoxy) is 2. The molecule has 0 aliphatic heterocycles. The number of nitrogens with one attached hydrogen (secondary N) is 2. The Morgan fingerprint density at radius 2 is 1.11 bits per heavy atom. The van der Waals surface area contributed by atoms with Crippen molar-refractivity contribution in [3.8, 4) is 0 Å². The fraction of sp³-hybridized carbons (Fsp3) is 0.100. The zero-order valence-corrected chi connectivity index (χ0v) is 18.5. The van der Waals surface area contributed by atoms with Crippen LogP contribution in [0.25, 0.3) is 0 Å². The first-order valence-corrected chi connectivity index (χ1v) is 14.3. The molecule has 8 heteroatoms. The molecule has 0 heterocycles. The van der Waals surface area contributed by atoms with Crippen molar-refractivity contribution in [3.63, 3.8) is 0 Å². The number of carbonyl (C=O) groups excluding carboxylic acids is 2. The van der Waals surface area contributed by atoms with Gasteiger partial charge in [0, 0.05) is 0 Å². The van der Waals surface area contributed by atoms with Crippen LogP contribution in [0.4, 0.5) is 21.0 Å². The Labute approximate surface area is 175 Å². The van der Waals surface area contributed by atoms with Crippen molar-refractivity contribution in [1.29, 1.82) is 0 Å². The van der Waals surface area contributed by atoms with E-state index in [9.17, 15) is 9.59 Å². The number of benzene rings is 2. The monoisotopic (exact) mass is 512 g/mol. The van der Waals surface area contributed by atoms with Gasteiger partial charge in [-0.15, -0.1) is 0 Å². The summed E-state index contributed by atoms with van der Waals surface area (Å²) in [6, 6.07) is 15.5. The first-order valence-electron chi connectivity index (χ1n) is 8.24. The second kappa shape index (κ2) is 12.1. The van der Waals surface area contributed by atoms with Gasteiger partial charge in [-0.1, -0.05) is 0 Å². The van der Waals surface area contributed by atoms with E-state index in [1.807, 2.05) is 48.5 Å². The van der Waals surface area contributed by atoms with Gasteiger partial charge in [0.05, 0.1) is 0 Å². The number of amides is 2. The van der Waals surface area contributed by atoms with E-state index in [-0.39, 0.29) is 13.2 Å². The molecule has 0 bridgehead atoms. The molecule has 0 spiro atoms. The molecule has 2 amide bonds. The zero-order valence-electron chi connectivity index (χ0n) is 15.1. The summed E-state index contributed by atoms with van der Waals surface area (Å²) in [6.07, 6.45) is 2.04. The summed E-state index contributed by atoms with van der Waals surface area (Å²) in [6.45, 7) is 7.35. The van der Waals surface area contributed by atoms with Gasteiger partial charge in [0.2, 0.25) is 0 Å². The number of hydrogen-bond acceptors (Lipinski definition) is 4. The quantitative estimate of drug-likeness (QED) is 0.402. The molecule has 2 aromatic rings. The van der Waals surface area contributed by atoms with Crippen LogP contribution < -0.4 is 19.6 Å². The van der Waals surface area contributed by atoms with E-state index in [0.29, 0.717) is 37.6 Å². The third kappa shape index (κ3) is 8.03. The van der Waals surface area contributed by atoms with Crippen molar-refractivity contribution in [2.45, 2.75) is 0 Å². The Hall–Kier alpha value is -2.50. The molecule has 0 atom stereocenters. The Kier molecular flexibility index (Phi) is 9.38. The van der Waals surface area contributed by atoms with E-state index in [4.69, 9.17) is 9.47 Å². The van der Waals surface area contributed by atoms with Crippen LogP contribution >= 0.6 is 0 Å². The third-order valence-electron chi connectivity index (χ3n) is 3.10. The van der Waals surface area contributed by atoms with E-state index >= 15 is 0 Å². The second-order valence-electron chi connectivity index (χ2n) is 5.24. The topological polar surface area (TPSA) is 76.7 Å². The molecule has 0 aromatic heterocycles. The fourth-order valence-electron chi connectivity index (χ4n) is 1.86. The number of hydrogen-bond donors (Lipinski definition) is 2. The van der Waals surface area contributed by atoms with Gasteiger partial charge in [0.25, 0.3) is 0 Å². The molecular weight excluding hydrogens is 490 g/mol.